The lowest BCUT2D eigenvalue weighted by atomic mass is 10.2. The Labute approximate surface area is 145 Å². The Hall–Kier alpha value is -2.88. The van der Waals surface area contributed by atoms with Gasteiger partial charge in [0, 0.05) is 25.3 Å². The van der Waals surface area contributed by atoms with Crippen LogP contribution < -0.4 is 10.2 Å². The molecule has 7 nitrogen and oxygen atoms in total. The fourth-order valence-electron chi connectivity index (χ4n) is 3.38. The molecule has 1 saturated heterocycles. The highest BCUT2D eigenvalue weighted by Crippen LogP contribution is 2.31. The number of amides is 1. The molecule has 0 bridgehead atoms. The molecular formula is C18H20N6O. The molecule has 2 N–H and O–H groups in total. The van der Waals surface area contributed by atoms with Gasteiger partial charge in [-0.25, -0.2) is 9.97 Å². The fraction of sp³-hybridized carbons (Fsp3) is 0.444. The lowest BCUT2D eigenvalue weighted by Crippen LogP contribution is -2.41. The summed E-state index contributed by atoms with van der Waals surface area (Å²) < 4.78 is 0. The molecular weight excluding hydrogens is 316 g/mol. The van der Waals surface area contributed by atoms with Crippen LogP contribution in [0.4, 0.5) is 5.82 Å². The van der Waals surface area contributed by atoms with Gasteiger partial charge in [0.2, 0.25) is 0 Å². The van der Waals surface area contributed by atoms with Gasteiger partial charge < -0.3 is 15.2 Å². The van der Waals surface area contributed by atoms with Crippen molar-refractivity contribution in [1.29, 1.82) is 5.26 Å². The maximum absolute atomic E-state index is 12.3. The first-order valence-electron chi connectivity index (χ1n) is 8.71. The Balaban J connectivity index is 1.46. The Morgan fingerprint density at radius 2 is 2.32 bits per heavy atom. The van der Waals surface area contributed by atoms with E-state index >= 15 is 0 Å². The predicted molar refractivity (Wildman–Crippen MR) is 93.7 cm³/mol. The van der Waals surface area contributed by atoms with Gasteiger partial charge in [0.1, 0.15) is 29.4 Å². The number of fused-ring (bicyclic) bond motifs is 1. The van der Waals surface area contributed by atoms with Gasteiger partial charge >= 0.3 is 0 Å². The highest BCUT2D eigenvalue weighted by Gasteiger charge is 2.28. The number of hydrogen-bond donors (Lipinski definition) is 2. The third kappa shape index (κ3) is 3.20. The van der Waals surface area contributed by atoms with Crippen LogP contribution in [-0.4, -0.2) is 40.0 Å². The largest absolute Gasteiger partial charge is 0.351 e. The monoisotopic (exact) mass is 336 g/mol. The summed E-state index contributed by atoms with van der Waals surface area (Å²) in [5.74, 6) is 1.04. The first-order valence-corrected chi connectivity index (χ1v) is 8.71. The Kier molecular flexibility index (Phi) is 4.10. The molecule has 2 fully saturated rings. The third-order valence-corrected chi connectivity index (χ3v) is 4.87. The van der Waals surface area contributed by atoms with E-state index in [0.717, 1.165) is 49.1 Å². The van der Waals surface area contributed by atoms with E-state index in [1.807, 2.05) is 18.3 Å². The zero-order valence-electron chi connectivity index (χ0n) is 13.9. The summed E-state index contributed by atoms with van der Waals surface area (Å²) in [4.78, 5) is 26.3. The predicted octanol–water partition coefficient (Wildman–Crippen LogP) is 1.90. The second kappa shape index (κ2) is 6.55. The lowest BCUT2D eigenvalue weighted by Gasteiger charge is -2.26. The summed E-state index contributed by atoms with van der Waals surface area (Å²) in [5, 5.41) is 13.1. The molecule has 1 aliphatic heterocycles. The number of nitrogens with one attached hydrogen (secondary N) is 2. The first kappa shape index (κ1) is 15.6. The number of H-pyrrole nitrogens is 1. The molecule has 1 aliphatic carbocycles. The van der Waals surface area contributed by atoms with Crippen molar-refractivity contribution in [1.82, 2.24) is 20.3 Å². The highest BCUT2D eigenvalue weighted by atomic mass is 16.1. The maximum Gasteiger partial charge on any atom is 0.261 e. The van der Waals surface area contributed by atoms with Crippen LogP contribution >= 0.6 is 0 Å². The zero-order valence-corrected chi connectivity index (χ0v) is 13.9. The quantitative estimate of drug-likeness (QED) is 0.642. The number of carbonyl (C=O) groups excluding carboxylic acids is 1. The van der Waals surface area contributed by atoms with E-state index in [0.29, 0.717) is 12.5 Å². The van der Waals surface area contributed by atoms with E-state index in [4.69, 9.17) is 0 Å². The van der Waals surface area contributed by atoms with Crippen molar-refractivity contribution in [3.8, 4) is 6.07 Å². The highest BCUT2D eigenvalue weighted by molar-refractivity contribution is 5.97. The van der Waals surface area contributed by atoms with Crippen LogP contribution in [0.5, 0.6) is 0 Å². The van der Waals surface area contributed by atoms with Crippen LogP contribution in [0.1, 0.15) is 25.7 Å². The Bertz CT molecular complexity index is 860. The fourth-order valence-corrected chi connectivity index (χ4v) is 3.38. The van der Waals surface area contributed by atoms with Gasteiger partial charge in [-0.05, 0) is 37.7 Å². The van der Waals surface area contributed by atoms with Crippen LogP contribution in [0.3, 0.4) is 0 Å². The van der Waals surface area contributed by atoms with Crippen molar-refractivity contribution in [2.45, 2.75) is 31.7 Å². The van der Waals surface area contributed by atoms with Crippen molar-refractivity contribution >= 4 is 22.8 Å². The minimum atomic E-state index is -0.268. The average Bonchev–Trinajstić information content (AvgIpc) is 3.12. The second-order valence-corrected chi connectivity index (χ2v) is 6.67. The summed E-state index contributed by atoms with van der Waals surface area (Å²) in [5.41, 5.74) is 1.06. The minimum absolute atomic E-state index is 0.179. The molecule has 2 aliphatic rings. The number of rotatable bonds is 5. The standard InChI is InChI=1S/C18H20N6O/c19-9-13(8-12-3-4-12)18(25)21-10-14-2-1-7-24(14)17-15-5-6-20-16(15)22-11-23-17/h5-6,8,11-12,14H,1-4,7,10H2,(H,21,25)(H,20,22,23)/b13-8+. The van der Waals surface area contributed by atoms with Gasteiger partial charge in [-0.1, -0.05) is 6.08 Å². The van der Waals surface area contributed by atoms with Crippen molar-refractivity contribution in [3.63, 3.8) is 0 Å². The van der Waals surface area contributed by atoms with Gasteiger partial charge in [0.15, 0.2) is 0 Å². The second-order valence-electron chi connectivity index (χ2n) is 6.67. The number of aromatic nitrogens is 3. The molecule has 128 valence electrons. The summed E-state index contributed by atoms with van der Waals surface area (Å²) in [6.07, 6.45) is 9.43. The summed E-state index contributed by atoms with van der Waals surface area (Å²) in [7, 11) is 0. The molecule has 1 atom stereocenters. The van der Waals surface area contributed by atoms with Crippen LogP contribution in [-0.2, 0) is 4.79 Å². The molecule has 7 heteroatoms. The van der Waals surface area contributed by atoms with Gasteiger partial charge in [0.25, 0.3) is 5.91 Å². The number of hydrogen-bond acceptors (Lipinski definition) is 5. The van der Waals surface area contributed by atoms with Crippen LogP contribution in [0, 0.1) is 17.2 Å². The third-order valence-electron chi connectivity index (χ3n) is 4.87. The number of carbonyl (C=O) groups is 1. The number of nitriles is 1. The van der Waals surface area contributed by atoms with E-state index in [9.17, 15) is 10.1 Å². The van der Waals surface area contributed by atoms with Gasteiger partial charge in [-0.2, -0.15) is 5.26 Å². The molecule has 0 radical (unpaired) electrons. The molecule has 25 heavy (non-hydrogen) atoms. The SMILES string of the molecule is N#C/C(=C\C1CC1)C(=O)NCC1CCCN1c1ncnc2[nH]ccc12. The van der Waals surface area contributed by atoms with Crippen molar-refractivity contribution in [2.75, 3.05) is 18.0 Å². The van der Waals surface area contributed by atoms with Gasteiger partial charge in [0.05, 0.1) is 5.39 Å². The summed E-state index contributed by atoms with van der Waals surface area (Å²) in [6.45, 7) is 1.42. The van der Waals surface area contributed by atoms with Gasteiger partial charge in [-0.3, -0.25) is 4.79 Å². The minimum Gasteiger partial charge on any atom is -0.351 e. The number of aromatic amines is 1. The lowest BCUT2D eigenvalue weighted by molar-refractivity contribution is -0.117. The maximum atomic E-state index is 12.3. The molecule has 3 heterocycles. The van der Waals surface area contributed by atoms with Gasteiger partial charge in [-0.15, -0.1) is 0 Å². The zero-order chi connectivity index (χ0) is 17.2. The van der Waals surface area contributed by atoms with Crippen LogP contribution in [0.25, 0.3) is 11.0 Å². The average molecular weight is 336 g/mol. The smallest absolute Gasteiger partial charge is 0.261 e. The van der Waals surface area contributed by atoms with E-state index in [1.54, 1.807) is 12.4 Å². The number of nitrogens with zero attached hydrogens (tertiary/aromatic N) is 4. The first-order chi connectivity index (χ1) is 12.3. The number of anilines is 1. The van der Waals surface area contributed by atoms with E-state index in [2.05, 4.69) is 25.2 Å². The summed E-state index contributed by atoms with van der Waals surface area (Å²) in [6, 6.07) is 4.18. The number of allylic oxidation sites excluding steroid dienone is 1. The molecule has 1 amide bonds. The van der Waals surface area contributed by atoms with Crippen molar-refractivity contribution in [2.24, 2.45) is 5.92 Å². The molecule has 0 aromatic carbocycles. The topological polar surface area (TPSA) is 97.7 Å². The summed E-state index contributed by atoms with van der Waals surface area (Å²) >= 11 is 0. The van der Waals surface area contributed by atoms with Crippen LogP contribution in [0.2, 0.25) is 0 Å². The Morgan fingerprint density at radius 1 is 1.44 bits per heavy atom. The normalized spacial score (nSPS) is 20.7. The van der Waals surface area contributed by atoms with E-state index in [-0.39, 0.29) is 17.5 Å². The van der Waals surface area contributed by atoms with Crippen LogP contribution in [0.15, 0.2) is 30.2 Å². The molecule has 1 unspecified atom stereocenters. The molecule has 0 spiro atoms. The molecule has 2 aromatic heterocycles. The van der Waals surface area contributed by atoms with E-state index in [1.165, 1.54) is 0 Å². The molecule has 2 aromatic rings. The van der Waals surface area contributed by atoms with Crippen molar-refractivity contribution < 1.29 is 4.79 Å². The molecule has 4 rings (SSSR count). The molecule has 1 saturated carbocycles. The van der Waals surface area contributed by atoms with E-state index < -0.39 is 0 Å². The van der Waals surface area contributed by atoms with Crippen molar-refractivity contribution in [3.05, 3.63) is 30.2 Å². The Morgan fingerprint density at radius 3 is 3.12 bits per heavy atom.